The van der Waals surface area contributed by atoms with E-state index < -0.39 is 0 Å². The maximum absolute atomic E-state index is 13.5. The van der Waals surface area contributed by atoms with Crippen LogP contribution >= 0.6 is 11.3 Å². The van der Waals surface area contributed by atoms with E-state index in [1.54, 1.807) is 15.9 Å². The van der Waals surface area contributed by atoms with E-state index in [4.69, 9.17) is 9.72 Å². The minimum absolute atomic E-state index is 0.0205. The molecule has 0 spiro atoms. The normalized spacial score (nSPS) is 13.4. The number of thiophene rings is 1. The van der Waals surface area contributed by atoms with Crippen LogP contribution in [0, 0.1) is 0 Å². The smallest absolute Gasteiger partial charge is 0.313 e. The van der Waals surface area contributed by atoms with Gasteiger partial charge in [-0.2, -0.15) is 0 Å². The van der Waals surface area contributed by atoms with Gasteiger partial charge in [-0.05, 0) is 43.2 Å². The lowest BCUT2D eigenvalue weighted by Gasteiger charge is -2.14. The molecule has 158 valence electrons. The maximum Gasteiger partial charge on any atom is 0.313 e. The first-order valence-electron chi connectivity index (χ1n) is 10.9. The number of aryl methyl sites for hydroxylation is 2. The molecule has 2 heterocycles. The summed E-state index contributed by atoms with van der Waals surface area (Å²) in [5, 5.41) is 0.755. The van der Waals surface area contributed by atoms with Crippen molar-refractivity contribution >= 4 is 27.5 Å². The standard InChI is InChI=1S/C24H28N2O3S/c1-2-3-9-14-29-21(27)15-20-25-23-22(18-12-7-8-13-19(18)30-23)24(28)26(20)16-17-10-5-4-6-11-17/h4-6,10-11H,2-3,7-9,12-16H2,1H3. The Kier molecular flexibility index (Phi) is 6.62. The summed E-state index contributed by atoms with van der Waals surface area (Å²) < 4.78 is 7.07. The van der Waals surface area contributed by atoms with E-state index >= 15 is 0 Å². The van der Waals surface area contributed by atoms with Crippen molar-refractivity contribution in [3.8, 4) is 0 Å². The third-order valence-corrected chi connectivity index (χ3v) is 6.84. The summed E-state index contributed by atoms with van der Waals surface area (Å²) in [6, 6.07) is 9.86. The molecule has 0 fully saturated rings. The van der Waals surface area contributed by atoms with Crippen LogP contribution in [0.2, 0.25) is 0 Å². The second-order valence-corrected chi connectivity index (χ2v) is 8.98. The Bertz CT molecular complexity index is 1090. The van der Waals surface area contributed by atoms with Crippen LogP contribution in [0.4, 0.5) is 0 Å². The number of nitrogens with zero attached hydrogens (tertiary/aromatic N) is 2. The van der Waals surface area contributed by atoms with Crippen LogP contribution in [0.3, 0.4) is 0 Å². The fourth-order valence-electron chi connectivity index (χ4n) is 4.06. The summed E-state index contributed by atoms with van der Waals surface area (Å²) in [5.74, 6) is 0.177. The molecule has 0 amide bonds. The number of rotatable bonds is 8. The average molecular weight is 425 g/mol. The van der Waals surface area contributed by atoms with Crippen molar-refractivity contribution in [2.45, 2.75) is 64.8 Å². The van der Waals surface area contributed by atoms with Gasteiger partial charge in [0.25, 0.3) is 5.56 Å². The van der Waals surface area contributed by atoms with Crippen LogP contribution < -0.4 is 5.56 Å². The minimum Gasteiger partial charge on any atom is -0.465 e. The maximum atomic E-state index is 13.5. The quantitative estimate of drug-likeness (QED) is 0.390. The third-order valence-electron chi connectivity index (χ3n) is 5.65. The Morgan fingerprint density at radius 3 is 2.77 bits per heavy atom. The van der Waals surface area contributed by atoms with E-state index in [0.29, 0.717) is 19.0 Å². The summed E-state index contributed by atoms with van der Waals surface area (Å²) >= 11 is 1.62. The number of unbranched alkanes of at least 4 members (excludes halogenated alkanes) is 2. The first kappa shape index (κ1) is 20.8. The Labute approximate surface area is 180 Å². The molecular formula is C24H28N2O3S. The highest BCUT2D eigenvalue weighted by molar-refractivity contribution is 7.18. The van der Waals surface area contributed by atoms with Gasteiger partial charge in [-0.25, -0.2) is 4.98 Å². The molecule has 0 saturated heterocycles. The predicted octanol–water partition coefficient (Wildman–Crippen LogP) is 4.66. The molecule has 3 aromatic rings. The lowest BCUT2D eigenvalue weighted by atomic mass is 9.97. The van der Waals surface area contributed by atoms with Crippen molar-refractivity contribution in [2.75, 3.05) is 6.61 Å². The number of hydrogen-bond acceptors (Lipinski definition) is 5. The van der Waals surface area contributed by atoms with Crippen LogP contribution in [0.5, 0.6) is 0 Å². The monoisotopic (exact) mass is 424 g/mol. The first-order valence-corrected chi connectivity index (χ1v) is 11.7. The Morgan fingerprint density at radius 1 is 1.17 bits per heavy atom. The molecule has 0 bridgehead atoms. The molecule has 0 atom stereocenters. The topological polar surface area (TPSA) is 61.2 Å². The Morgan fingerprint density at radius 2 is 1.97 bits per heavy atom. The van der Waals surface area contributed by atoms with Gasteiger partial charge in [0.1, 0.15) is 17.1 Å². The third kappa shape index (κ3) is 4.48. The molecule has 0 radical (unpaired) electrons. The minimum atomic E-state index is -0.319. The second-order valence-electron chi connectivity index (χ2n) is 7.90. The van der Waals surface area contributed by atoms with Crippen LogP contribution in [-0.2, 0) is 35.3 Å². The van der Waals surface area contributed by atoms with E-state index in [2.05, 4.69) is 6.92 Å². The van der Waals surface area contributed by atoms with Crippen LogP contribution in [-0.4, -0.2) is 22.1 Å². The number of aromatic nitrogens is 2. The largest absolute Gasteiger partial charge is 0.465 e. The van der Waals surface area contributed by atoms with Gasteiger partial charge in [0.2, 0.25) is 0 Å². The van der Waals surface area contributed by atoms with Crippen LogP contribution in [0.25, 0.3) is 10.2 Å². The van der Waals surface area contributed by atoms with Crippen LogP contribution in [0.15, 0.2) is 35.1 Å². The van der Waals surface area contributed by atoms with Gasteiger partial charge < -0.3 is 4.74 Å². The molecule has 0 saturated carbocycles. The molecule has 4 rings (SSSR count). The van der Waals surface area contributed by atoms with E-state index in [1.165, 1.54) is 10.4 Å². The number of fused-ring (bicyclic) bond motifs is 3. The molecular weight excluding hydrogens is 396 g/mol. The molecule has 0 aliphatic heterocycles. The number of hydrogen-bond donors (Lipinski definition) is 0. The molecule has 1 aliphatic rings. The zero-order chi connectivity index (χ0) is 20.9. The van der Waals surface area contributed by atoms with Crippen molar-refractivity contribution in [2.24, 2.45) is 0 Å². The van der Waals surface area contributed by atoms with E-state index in [1.807, 2.05) is 30.3 Å². The van der Waals surface area contributed by atoms with Gasteiger partial charge in [-0.3, -0.25) is 14.2 Å². The van der Waals surface area contributed by atoms with Crippen molar-refractivity contribution < 1.29 is 9.53 Å². The summed E-state index contributed by atoms with van der Waals surface area (Å²) in [6.45, 7) is 2.95. The lowest BCUT2D eigenvalue weighted by molar-refractivity contribution is -0.143. The zero-order valence-electron chi connectivity index (χ0n) is 17.5. The molecule has 0 unspecified atom stereocenters. The van der Waals surface area contributed by atoms with Gasteiger partial charge in [-0.15, -0.1) is 11.3 Å². The highest BCUT2D eigenvalue weighted by Crippen LogP contribution is 2.33. The highest BCUT2D eigenvalue weighted by atomic mass is 32.1. The van der Waals surface area contributed by atoms with Gasteiger partial charge in [0.05, 0.1) is 18.5 Å². The van der Waals surface area contributed by atoms with Gasteiger partial charge in [0.15, 0.2) is 0 Å². The Hall–Kier alpha value is -2.47. The molecule has 5 nitrogen and oxygen atoms in total. The zero-order valence-corrected chi connectivity index (χ0v) is 18.3. The second kappa shape index (κ2) is 9.56. The molecule has 0 N–H and O–H groups in total. The molecule has 1 aromatic carbocycles. The summed E-state index contributed by atoms with van der Waals surface area (Å²) in [5.41, 5.74) is 2.16. The van der Waals surface area contributed by atoms with Crippen molar-refractivity contribution in [1.82, 2.24) is 9.55 Å². The summed E-state index contributed by atoms with van der Waals surface area (Å²) in [6.07, 6.45) is 7.24. The van der Waals surface area contributed by atoms with Gasteiger partial charge in [0, 0.05) is 4.88 Å². The van der Waals surface area contributed by atoms with E-state index in [-0.39, 0.29) is 17.9 Å². The predicted molar refractivity (Wildman–Crippen MR) is 120 cm³/mol. The fourth-order valence-corrected chi connectivity index (χ4v) is 5.33. The van der Waals surface area contributed by atoms with Gasteiger partial charge in [-0.1, -0.05) is 50.1 Å². The molecule has 6 heteroatoms. The fraction of sp³-hybridized carbons (Fsp3) is 0.458. The summed E-state index contributed by atoms with van der Waals surface area (Å²) in [7, 11) is 0. The number of ether oxygens (including phenoxy) is 1. The SMILES string of the molecule is CCCCCOC(=O)Cc1nc2sc3c(c2c(=O)n1Cc1ccccc1)CCCC3. The van der Waals surface area contributed by atoms with E-state index in [0.717, 1.165) is 60.7 Å². The number of carbonyl (C=O) groups is 1. The Balaban J connectivity index is 1.70. The van der Waals surface area contributed by atoms with E-state index in [9.17, 15) is 9.59 Å². The first-order chi connectivity index (χ1) is 14.7. The average Bonchev–Trinajstić information content (AvgIpc) is 3.13. The van der Waals surface area contributed by atoms with Crippen molar-refractivity contribution in [1.29, 1.82) is 0 Å². The number of benzene rings is 1. The number of esters is 1. The molecule has 2 aromatic heterocycles. The molecule has 1 aliphatic carbocycles. The van der Waals surface area contributed by atoms with Gasteiger partial charge >= 0.3 is 5.97 Å². The van der Waals surface area contributed by atoms with Crippen molar-refractivity contribution in [3.63, 3.8) is 0 Å². The lowest BCUT2D eigenvalue weighted by Crippen LogP contribution is -2.28. The van der Waals surface area contributed by atoms with Crippen molar-refractivity contribution in [3.05, 3.63) is 62.5 Å². The molecule has 30 heavy (non-hydrogen) atoms. The van der Waals surface area contributed by atoms with Crippen LogP contribution in [0.1, 0.15) is 60.9 Å². The highest BCUT2D eigenvalue weighted by Gasteiger charge is 2.23. The summed E-state index contributed by atoms with van der Waals surface area (Å²) in [4.78, 5) is 32.8. The number of carbonyl (C=O) groups excluding carboxylic acids is 1.